The zero-order valence-electron chi connectivity index (χ0n) is 13.1. The molecular weight excluding hydrogens is 326 g/mol. The van der Waals surface area contributed by atoms with Crippen molar-refractivity contribution in [3.8, 4) is 22.1 Å². The fourth-order valence-electron chi connectivity index (χ4n) is 2.08. The van der Waals surface area contributed by atoms with Crippen molar-refractivity contribution >= 4 is 22.4 Å². The largest absolute Gasteiger partial charge is 0.497 e. The Morgan fingerprint density at radius 2 is 1.67 bits per heavy atom. The lowest BCUT2D eigenvalue weighted by Crippen LogP contribution is -2.12. The van der Waals surface area contributed by atoms with Crippen LogP contribution in [0.5, 0.6) is 11.5 Å². The second-order valence-corrected chi connectivity index (χ2v) is 5.81. The van der Waals surface area contributed by atoms with Crippen molar-refractivity contribution in [1.82, 2.24) is 10.2 Å². The number of amides is 1. The number of carbonyl (C=O) groups is 1. The van der Waals surface area contributed by atoms with E-state index in [1.807, 2.05) is 30.3 Å². The highest BCUT2D eigenvalue weighted by Crippen LogP contribution is 2.27. The summed E-state index contributed by atoms with van der Waals surface area (Å²) in [6.45, 7) is 0. The number of ether oxygens (including phenoxy) is 2. The first-order valence-electron chi connectivity index (χ1n) is 7.13. The van der Waals surface area contributed by atoms with Crippen LogP contribution < -0.4 is 14.8 Å². The monoisotopic (exact) mass is 341 g/mol. The summed E-state index contributed by atoms with van der Waals surface area (Å²) in [5.41, 5.74) is 1.38. The molecule has 0 aliphatic carbocycles. The Morgan fingerprint density at radius 3 is 2.29 bits per heavy atom. The molecule has 3 rings (SSSR count). The zero-order chi connectivity index (χ0) is 16.9. The maximum Gasteiger partial charge on any atom is 0.257 e. The molecular formula is C17H15N3O3S. The van der Waals surface area contributed by atoms with Gasteiger partial charge in [-0.3, -0.25) is 10.1 Å². The van der Waals surface area contributed by atoms with Gasteiger partial charge in [-0.2, -0.15) is 0 Å². The number of nitrogens with zero attached hydrogens (tertiary/aromatic N) is 2. The molecule has 1 aromatic heterocycles. The van der Waals surface area contributed by atoms with Crippen molar-refractivity contribution in [2.75, 3.05) is 19.5 Å². The van der Waals surface area contributed by atoms with E-state index in [-0.39, 0.29) is 5.91 Å². The van der Waals surface area contributed by atoms with Gasteiger partial charge in [-0.1, -0.05) is 41.7 Å². The molecule has 1 amide bonds. The van der Waals surface area contributed by atoms with Crippen LogP contribution in [0.2, 0.25) is 0 Å². The highest BCUT2D eigenvalue weighted by Gasteiger charge is 2.13. The molecule has 0 fully saturated rings. The summed E-state index contributed by atoms with van der Waals surface area (Å²) in [5.74, 6) is 0.784. The number of rotatable bonds is 5. The van der Waals surface area contributed by atoms with Gasteiger partial charge in [-0.25, -0.2) is 0 Å². The summed E-state index contributed by atoms with van der Waals surface area (Å²) in [5, 5.41) is 12.0. The molecule has 1 heterocycles. The molecule has 6 nitrogen and oxygen atoms in total. The number of hydrogen-bond donors (Lipinski definition) is 1. The average Bonchev–Trinajstić information content (AvgIpc) is 3.10. The molecule has 24 heavy (non-hydrogen) atoms. The van der Waals surface area contributed by atoms with E-state index in [9.17, 15) is 4.79 Å². The van der Waals surface area contributed by atoms with Crippen LogP contribution in [0.1, 0.15) is 10.4 Å². The summed E-state index contributed by atoms with van der Waals surface area (Å²) >= 11 is 1.31. The molecule has 0 aliphatic rings. The number of aromatic nitrogens is 2. The molecule has 3 aromatic rings. The third-order valence-electron chi connectivity index (χ3n) is 3.28. The van der Waals surface area contributed by atoms with Crippen molar-refractivity contribution in [3.05, 3.63) is 54.1 Å². The molecule has 0 bridgehead atoms. The molecule has 1 N–H and O–H groups in total. The summed E-state index contributed by atoms with van der Waals surface area (Å²) in [6, 6.07) is 14.7. The summed E-state index contributed by atoms with van der Waals surface area (Å²) in [7, 11) is 3.07. The number of benzene rings is 2. The van der Waals surface area contributed by atoms with E-state index in [0.717, 1.165) is 10.6 Å². The SMILES string of the molecule is COc1cc(OC)cc(C(=O)Nc2nnc(-c3ccccc3)s2)c1. The quantitative estimate of drug-likeness (QED) is 0.769. The Bertz CT molecular complexity index is 827. The van der Waals surface area contributed by atoms with E-state index in [1.165, 1.54) is 25.6 Å². The van der Waals surface area contributed by atoms with E-state index in [0.29, 0.717) is 22.2 Å². The van der Waals surface area contributed by atoms with E-state index in [4.69, 9.17) is 9.47 Å². The normalized spacial score (nSPS) is 10.2. The molecule has 0 radical (unpaired) electrons. The molecule has 0 aliphatic heterocycles. The topological polar surface area (TPSA) is 73.3 Å². The smallest absolute Gasteiger partial charge is 0.257 e. The molecule has 0 unspecified atom stereocenters. The number of nitrogens with one attached hydrogen (secondary N) is 1. The number of anilines is 1. The second-order valence-electron chi connectivity index (χ2n) is 4.83. The van der Waals surface area contributed by atoms with Gasteiger partial charge < -0.3 is 9.47 Å². The van der Waals surface area contributed by atoms with Crippen LogP contribution in [-0.2, 0) is 0 Å². The van der Waals surface area contributed by atoms with Crippen LogP contribution >= 0.6 is 11.3 Å². The van der Waals surface area contributed by atoms with Crippen LogP contribution in [0.25, 0.3) is 10.6 Å². The van der Waals surface area contributed by atoms with Crippen LogP contribution in [0.3, 0.4) is 0 Å². The van der Waals surface area contributed by atoms with Gasteiger partial charge in [0, 0.05) is 17.2 Å². The summed E-state index contributed by atoms with van der Waals surface area (Å²) in [6.07, 6.45) is 0. The Morgan fingerprint density at radius 1 is 1.00 bits per heavy atom. The lowest BCUT2D eigenvalue weighted by Gasteiger charge is -2.07. The zero-order valence-corrected chi connectivity index (χ0v) is 14.0. The first-order valence-corrected chi connectivity index (χ1v) is 7.94. The van der Waals surface area contributed by atoms with Crippen LogP contribution in [0.15, 0.2) is 48.5 Å². The van der Waals surface area contributed by atoms with Crippen molar-refractivity contribution in [2.45, 2.75) is 0 Å². The third-order valence-corrected chi connectivity index (χ3v) is 4.17. The minimum Gasteiger partial charge on any atom is -0.497 e. The van der Waals surface area contributed by atoms with Gasteiger partial charge >= 0.3 is 0 Å². The van der Waals surface area contributed by atoms with Gasteiger partial charge in [0.1, 0.15) is 16.5 Å². The second kappa shape index (κ2) is 7.10. The predicted octanol–water partition coefficient (Wildman–Crippen LogP) is 3.47. The lowest BCUT2D eigenvalue weighted by molar-refractivity contribution is 0.102. The minimum absolute atomic E-state index is 0.303. The number of carbonyl (C=O) groups excluding carboxylic acids is 1. The summed E-state index contributed by atoms with van der Waals surface area (Å²) < 4.78 is 10.3. The molecule has 7 heteroatoms. The Labute approximate surface area is 143 Å². The molecule has 0 atom stereocenters. The van der Waals surface area contributed by atoms with E-state index >= 15 is 0 Å². The molecule has 0 saturated heterocycles. The number of hydrogen-bond acceptors (Lipinski definition) is 6. The molecule has 122 valence electrons. The fourth-order valence-corrected chi connectivity index (χ4v) is 2.82. The van der Waals surface area contributed by atoms with Crippen molar-refractivity contribution < 1.29 is 14.3 Å². The first kappa shape index (κ1) is 15.9. The molecule has 2 aromatic carbocycles. The van der Waals surface area contributed by atoms with Crippen molar-refractivity contribution in [2.24, 2.45) is 0 Å². The fraction of sp³-hybridized carbons (Fsp3) is 0.118. The maximum absolute atomic E-state index is 12.4. The van der Waals surface area contributed by atoms with Gasteiger partial charge in [0.15, 0.2) is 0 Å². The van der Waals surface area contributed by atoms with E-state index in [1.54, 1.807) is 18.2 Å². The van der Waals surface area contributed by atoms with Gasteiger partial charge in [-0.05, 0) is 12.1 Å². The van der Waals surface area contributed by atoms with Gasteiger partial charge in [0.2, 0.25) is 5.13 Å². The van der Waals surface area contributed by atoms with Crippen LogP contribution in [0, 0.1) is 0 Å². The summed E-state index contributed by atoms with van der Waals surface area (Å²) in [4.78, 5) is 12.4. The molecule has 0 spiro atoms. The number of methoxy groups -OCH3 is 2. The van der Waals surface area contributed by atoms with Gasteiger partial charge in [0.05, 0.1) is 14.2 Å². The maximum atomic E-state index is 12.4. The minimum atomic E-state index is -0.303. The van der Waals surface area contributed by atoms with Crippen LogP contribution in [0.4, 0.5) is 5.13 Å². The Kier molecular flexibility index (Phi) is 4.72. The molecule has 0 saturated carbocycles. The van der Waals surface area contributed by atoms with Gasteiger partial charge in [-0.15, -0.1) is 10.2 Å². The standard InChI is InChI=1S/C17H15N3O3S/c1-22-13-8-12(9-14(10-13)23-2)15(21)18-17-20-19-16(24-17)11-6-4-3-5-7-11/h3-10H,1-2H3,(H,18,20,21). The Hall–Kier alpha value is -2.93. The highest BCUT2D eigenvalue weighted by molar-refractivity contribution is 7.18. The highest BCUT2D eigenvalue weighted by atomic mass is 32.1. The third kappa shape index (κ3) is 3.52. The van der Waals surface area contributed by atoms with Crippen LogP contribution in [-0.4, -0.2) is 30.3 Å². The van der Waals surface area contributed by atoms with E-state index < -0.39 is 0 Å². The Balaban J connectivity index is 1.79. The van der Waals surface area contributed by atoms with Crippen molar-refractivity contribution in [1.29, 1.82) is 0 Å². The average molecular weight is 341 g/mol. The lowest BCUT2D eigenvalue weighted by atomic mass is 10.2. The van der Waals surface area contributed by atoms with Crippen molar-refractivity contribution in [3.63, 3.8) is 0 Å². The predicted molar refractivity (Wildman–Crippen MR) is 92.8 cm³/mol. The van der Waals surface area contributed by atoms with E-state index in [2.05, 4.69) is 15.5 Å². The van der Waals surface area contributed by atoms with Gasteiger partial charge in [0.25, 0.3) is 5.91 Å². The first-order chi connectivity index (χ1) is 11.7.